The van der Waals surface area contributed by atoms with Gasteiger partial charge in [-0.25, -0.2) is 0 Å². The first-order valence-corrected chi connectivity index (χ1v) is 7.59. The zero-order chi connectivity index (χ0) is 13.5. The number of ether oxygens (including phenoxy) is 1. The molecule has 0 saturated carbocycles. The molecule has 0 atom stereocenters. The molecule has 0 fully saturated rings. The van der Waals surface area contributed by atoms with Crippen molar-refractivity contribution >= 4 is 33.2 Å². The lowest BCUT2D eigenvalue weighted by atomic mass is 10.3. The Morgan fingerprint density at radius 3 is 2.95 bits per heavy atom. The molecule has 2 aromatic rings. The number of carbonyl (C=O) groups is 1. The van der Waals surface area contributed by atoms with Crippen LogP contribution in [0.15, 0.2) is 46.3 Å². The lowest BCUT2D eigenvalue weighted by molar-refractivity contribution is -0.123. The van der Waals surface area contributed by atoms with E-state index in [4.69, 9.17) is 4.74 Å². The Labute approximate surface area is 124 Å². The lowest BCUT2D eigenvalue weighted by Crippen LogP contribution is -2.30. The fourth-order valence-corrected chi connectivity index (χ4v) is 2.62. The molecule has 100 valence electrons. The fourth-order valence-electron chi connectivity index (χ4n) is 1.54. The van der Waals surface area contributed by atoms with E-state index in [2.05, 4.69) is 27.3 Å². The van der Waals surface area contributed by atoms with Gasteiger partial charge < -0.3 is 10.1 Å². The third-order valence-electron chi connectivity index (χ3n) is 2.44. The maximum absolute atomic E-state index is 11.6. The zero-order valence-corrected chi connectivity index (χ0v) is 12.7. The molecule has 0 radical (unpaired) electrons. The van der Waals surface area contributed by atoms with E-state index in [0.29, 0.717) is 12.3 Å². The van der Waals surface area contributed by atoms with Crippen molar-refractivity contribution in [1.29, 1.82) is 0 Å². The smallest absolute Gasteiger partial charge is 0.257 e. The van der Waals surface area contributed by atoms with E-state index >= 15 is 0 Å². The van der Waals surface area contributed by atoms with Crippen molar-refractivity contribution in [2.45, 2.75) is 6.42 Å². The minimum absolute atomic E-state index is 0.0426. The minimum Gasteiger partial charge on any atom is -0.484 e. The van der Waals surface area contributed by atoms with Gasteiger partial charge in [-0.05, 0) is 36.1 Å². The highest BCUT2D eigenvalue weighted by molar-refractivity contribution is 9.10. The van der Waals surface area contributed by atoms with Crippen LogP contribution in [-0.4, -0.2) is 19.1 Å². The summed E-state index contributed by atoms with van der Waals surface area (Å²) in [5.41, 5.74) is 0. The number of halogens is 1. The summed E-state index contributed by atoms with van der Waals surface area (Å²) in [6, 6.07) is 11.5. The minimum atomic E-state index is -0.100. The summed E-state index contributed by atoms with van der Waals surface area (Å²) >= 11 is 5.05. The molecule has 1 amide bonds. The molecular formula is C14H14BrNO2S. The van der Waals surface area contributed by atoms with Gasteiger partial charge in [0.05, 0.1) is 0 Å². The molecule has 0 aliphatic carbocycles. The zero-order valence-electron chi connectivity index (χ0n) is 10.3. The van der Waals surface area contributed by atoms with E-state index in [1.807, 2.05) is 35.7 Å². The van der Waals surface area contributed by atoms with Gasteiger partial charge in [-0.2, -0.15) is 0 Å². The van der Waals surface area contributed by atoms with E-state index in [-0.39, 0.29) is 12.5 Å². The van der Waals surface area contributed by atoms with Crippen LogP contribution in [0.5, 0.6) is 5.75 Å². The van der Waals surface area contributed by atoms with Gasteiger partial charge in [0.25, 0.3) is 5.91 Å². The number of carbonyl (C=O) groups excluding carboxylic acids is 1. The summed E-state index contributed by atoms with van der Waals surface area (Å²) in [5.74, 6) is 0.583. The van der Waals surface area contributed by atoms with Gasteiger partial charge >= 0.3 is 0 Å². The molecule has 3 nitrogen and oxygen atoms in total. The number of hydrogen-bond acceptors (Lipinski definition) is 3. The highest BCUT2D eigenvalue weighted by Gasteiger charge is 2.03. The first-order chi connectivity index (χ1) is 9.24. The summed E-state index contributed by atoms with van der Waals surface area (Å²) in [7, 11) is 0. The molecule has 1 N–H and O–H groups in total. The number of rotatable bonds is 6. The molecule has 19 heavy (non-hydrogen) atoms. The molecule has 0 spiro atoms. The van der Waals surface area contributed by atoms with Crippen molar-refractivity contribution in [1.82, 2.24) is 5.32 Å². The molecule has 0 saturated heterocycles. The Kier molecular flexibility index (Phi) is 5.42. The number of hydrogen-bond donors (Lipinski definition) is 1. The van der Waals surface area contributed by atoms with Crippen molar-refractivity contribution < 1.29 is 9.53 Å². The van der Waals surface area contributed by atoms with Crippen molar-refractivity contribution in [3.8, 4) is 5.75 Å². The SMILES string of the molecule is O=C(COc1cccc(Br)c1)NCCc1cccs1. The van der Waals surface area contributed by atoms with Crippen molar-refractivity contribution in [3.63, 3.8) is 0 Å². The van der Waals surface area contributed by atoms with Crippen LogP contribution in [0.25, 0.3) is 0 Å². The molecule has 1 aromatic heterocycles. The number of benzene rings is 1. The second kappa shape index (κ2) is 7.31. The van der Waals surface area contributed by atoms with Crippen LogP contribution >= 0.6 is 27.3 Å². The number of thiophene rings is 1. The Bertz CT molecular complexity index is 528. The van der Waals surface area contributed by atoms with Gasteiger partial charge in [0.1, 0.15) is 5.75 Å². The molecule has 0 unspecified atom stereocenters. The molecule has 1 heterocycles. The average molecular weight is 340 g/mol. The normalized spacial score (nSPS) is 10.2. The molecular weight excluding hydrogens is 326 g/mol. The van der Waals surface area contributed by atoms with Crippen molar-refractivity contribution in [2.75, 3.05) is 13.2 Å². The molecule has 2 rings (SSSR count). The first-order valence-electron chi connectivity index (χ1n) is 5.91. The maximum atomic E-state index is 11.6. The van der Waals surface area contributed by atoms with Crippen molar-refractivity contribution in [3.05, 3.63) is 51.1 Å². The fraction of sp³-hybridized carbons (Fsp3) is 0.214. The third-order valence-corrected chi connectivity index (χ3v) is 3.87. The predicted octanol–water partition coefficient (Wildman–Crippen LogP) is 3.25. The van der Waals surface area contributed by atoms with E-state index in [1.54, 1.807) is 11.3 Å². The molecule has 0 aliphatic rings. The molecule has 1 aromatic carbocycles. The lowest BCUT2D eigenvalue weighted by Gasteiger charge is -2.07. The maximum Gasteiger partial charge on any atom is 0.257 e. The van der Waals surface area contributed by atoms with Crippen LogP contribution in [0, 0.1) is 0 Å². The Hall–Kier alpha value is -1.33. The van der Waals surface area contributed by atoms with E-state index in [0.717, 1.165) is 10.9 Å². The van der Waals surface area contributed by atoms with E-state index in [1.165, 1.54) is 4.88 Å². The standard InChI is InChI=1S/C14H14BrNO2S/c15-11-3-1-4-12(9-11)18-10-14(17)16-7-6-13-5-2-8-19-13/h1-5,8-9H,6-7,10H2,(H,16,17). The third kappa shape index (κ3) is 5.04. The number of nitrogens with one attached hydrogen (secondary N) is 1. The number of amides is 1. The summed E-state index contributed by atoms with van der Waals surface area (Å²) < 4.78 is 6.33. The van der Waals surface area contributed by atoms with E-state index in [9.17, 15) is 4.79 Å². The largest absolute Gasteiger partial charge is 0.484 e. The van der Waals surface area contributed by atoms with Gasteiger partial charge in [0.2, 0.25) is 0 Å². The van der Waals surface area contributed by atoms with Crippen LogP contribution in [0.4, 0.5) is 0 Å². The summed E-state index contributed by atoms with van der Waals surface area (Å²) in [5, 5.41) is 4.87. The topological polar surface area (TPSA) is 38.3 Å². The summed E-state index contributed by atoms with van der Waals surface area (Å²) in [6.07, 6.45) is 0.861. The second-order valence-electron chi connectivity index (χ2n) is 3.93. The Morgan fingerprint density at radius 1 is 1.32 bits per heavy atom. The van der Waals surface area contributed by atoms with Crippen LogP contribution < -0.4 is 10.1 Å². The van der Waals surface area contributed by atoms with Crippen LogP contribution in [0.2, 0.25) is 0 Å². The van der Waals surface area contributed by atoms with Crippen molar-refractivity contribution in [2.24, 2.45) is 0 Å². The molecule has 5 heteroatoms. The monoisotopic (exact) mass is 339 g/mol. The van der Waals surface area contributed by atoms with Crippen LogP contribution in [0.1, 0.15) is 4.88 Å². The molecule has 0 aliphatic heterocycles. The summed E-state index contributed by atoms with van der Waals surface area (Å²) in [4.78, 5) is 12.9. The van der Waals surface area contributed by atoms with Gasteiger partial charge in [0.15, 0.2) is 6.61 Å². The highest BCUT2D eigenvalue weighted by Crippen LogP contribution is 2.17. The quantitative estimate of drug-likeness (QED) is 0.877. The Balaban J connectivity index is 1.67. The van der Waals surface area contributed by atoms with Gasteiger partial charge in [-0.15, -0.1) is 11.3 Å². The average Bonchev–Trinajstić information content (AvgIpc) is 2.90. The highest BCUT2D eigenvalue weighted by atomic mass is 79.9. The van der Waals surface area contributed by atoms with Crippen LogP contribution in [0.3, 0.4) is 0 Å². The van der Waals surface area contributed by atoms with Crippen LogP contribution in [-0.2, 0) is 11.2 Å². The first kappa shape index (κ1) is 14.1. The van der Waals surface area contributed by atoms with Gasteiger partial charge in [-0.1, -0.05) is 28.1 Å². The van der Waals surface area contributed by atoms with Gasteiger partial charge in [0, 0.05) is 15.9 Å². The predicted molar refractivity (Wildman–Crippen MR) is 80.7 cm³/mol. The second-order valence-corrected chi connectivity index (χ2v) is 5.87. The van der Waals surface area contributed by atoms with E-state index < -0.39 is 0 Å². The summed E-state index contributed by atoms with van der Waals surface area (Å²) in [6.45, 7) is 0.683. The molecule has 0 bridgehead atoms. The Morgan fingerprint density at radius 2 is 2.21 bits per heavy atom. The van der Waals surface area contributed by atoms with Gasteiger partial charge in [-0.3, -0.25) is 4.79 Å².